The Balaban J connectivity index is 1.54. The van der Waals surface area contributed by atoms with Crippen LogP contribution in [0.5, 0.6) is 5.75 Å². The quantitative estimate of drug-likeness (QED) is 0.641. The van der Waals surface area contributed by atoms with Crippen molar-refractivity contribution in [3.05, 3.63) is 88.7 Å². The summed E-state index contributed by atoms with van der Waals surface area (Å²) in [6, 6.07) is 18.7. The first-order valence-corrected chi connectivity index (χ1v) is 8.88. The summed E-state index contributed by atoms with van der Waals surface area (Å²) in [6.07, 6.45) is 1.65. The number of anilines is 1. The Kier molecular flexibility index (Phi) is 6.28. The first-order valence-electron chi connectivity index (χ1n) is 8.50. The maximum atomic E-state index is 12.2. The van der Waals surface area contributed by atoms with Gasteiger partial charge in [0.05, 0.1) is 19.0 Å². The van der Waals surface area contributed by atoms with Gasteiger partial charge in [-0.3, -0.25) is 4.79 Å². The van der Waals surface area contributed by atoms with Crippen molar-refractivity contribution in [2.24, 2.45) is 0 Å². The Morgan fingerprint density at radius 3 is 2.52 bits per heavy atom. The van der Waals surface area contributed by atoms with Gasteiger partial charge in [0.25, 0.3) is 5.91 Å². The summed E-state index contributed by atoms with van der Waals surface area (Å²) >= 11 is 5.86. The lowest BCUT2D eigenvalue weighted by Crippen LogP contribution is -2.23. The van der Waals surface area contributed by atoms with Crippen molar-refractivity contribution in [2.75, 3.05) is 12.4 Å². The second-order valence-corrected chi connectivity index (χ2v) is 6.34. The van der Waals surface area contributed by atoms with E-state index in [4.69, 9.17) is 16.3 Å². The third-order valence-electron chi connectivity index (χ3n) is 4.04. The number of nitrogens with one attached hydrogen (secondary N) is 2. The van der Waals surface area contributed by atoms with E-state index in [2.05, 4.69) is 15.6 Å². The summed E-state index contributed by atoms with van der Waals surface area (Å²) in [7, 11) is 1.65. The zero-order chi connectivity index (χ0) is 19.1. The Morgan fingerprint density at radius 1 is 1.04 bits per heavy atom. The highest BCUT2D eigenvalue weighted by Gasteiger charge is 2.07. The molecule has 27 heavy (non-hydrogen) atoms. The molecular formula is C21H20ClN3O2. The van der Waals surface area contributed by atoms with Crippen LogP contribution in [0.1, 0.15) is 21.6 Å². The minimum Gasteiger partial charge on any atom is -0.496 e. The zero-order valence-corrected chi connectivity index (χ0v) is 15.7. The third kappa shape index (κ3) is 5.21. The molecule has 0 aliphatic carbocycles. The Labute approximate surface area is 163 Å². The van der Waals surface area contributed by atoms with E-state index < -0.39 is 0 Å². The van der Waals surface area contributed by atoms with Crippen LogP contribution in [0.3, 0.4) is 0 Å². The molecule has 0 unspecified atom stereocenters. The predicted molar refractivity (Wildman–Crippen MR) is 107 cm³/mol. The highest BCUT2D eigenvalue weighted by Crippen LogP contribution is 2.18. The van der Waals surface area contributed by atoms with Crippen LogP contribution in [0, 0.1) is 0 Å². The van der Waals surface area contributed by atoms with E-state index in [0.717, 1.165) is 22.6 Å². The van der Waals surface area contributed by atoms with Crippen LogP contribution in [0.4, 0.5) is 5.69 Å². The first kappa shape index (κ1) is 18.7. The van der Waals surface area contributed by atoms with Crippen molar-refractivity contribution >= 4 is 23.2 Å². The van der Waals surface area contributed by atoms with Crippen molar-refractivity contribution in [1.29, 1.82) is 0 Å². The standard InChI is InChI=1S/C21H20ClN3O2/c1-27-20-5-3-2-4-16(20)13-23-18-10-11-19(24-14-18)21(26)25-12-15-6-8-17(22)9-7-15/h2-11,14,23H,12-13H2,1H3,(H,25,26). The monoisotopic (exact) mass is 381 g/mol. The third-order valence-corrected chi connectivity index (χ3v) is 4.29. The highest BCUT2D eigenvalue weighted by molar-refractivity contribution is 6.30. The average Bonchev–Trinajstić information content (AvgIpc) is 2.72. The predicted octanol–water partition coefficient (Wildman–Crippen LogP) is 4.29. The van der Waals surface area contributed by atoms with Gasteiger partial charge in [0.1, 0.15) is 11.4 Å². The number of para-hydroxylation sites is 1. The average molecular weight is 382 g/mol. The smallest absolute Gasteiger partial charge is 0.270 e. The van der Waals surface area contributed by atoms with Gasteiger partial charge in [-0.05, 0) is 35.9 Å². The van der Waals surface area contributed by atoms with Gasteiger partial charge in [0.15, 0.2) is 0 Å². The number of carbonyl (C=O) groups excluding carboxylic acids is 1. The van der Waals surface area contributed by atoms with Gasteiger partial charge < -0.3 is 15.4 Å². The molecule has 5 nitrogen and oxygen atoms in total. The van der Waals surface area contributed by atoms with Gasteiger partial charge in [-0.2, -0.15) is 0 Å². The lowest BCUT2D eigenvalue weighted by Gasteiger charge is -2.10. The van der Waals surface area contributed by atoms with E-state index in [1.165, 1.54) is 0 Å². The molecule has 0 fully saturated rings. The summed E-state index contributed by atoms with van der Waals surface area (Å²) in [6.45, 7) is 1.03. The molecule has 3 rings (SSSR count). The first-order chi connectivity index (χ1) is 13.2. The van der Waals surface area contributed by atoms with Gasteiger partial charge in [-0.1, -0.05) is 41.9 Å². The molecule has 0 saturated heterocycles. The molecule has 0 aliphatic rings. The number of nitrogens with zero attached hydrogens (tertiary/aromatic N) is 1. The van der Waals surface area contributed by atoms with Gasteiger partial charge in [-0.15, -0.1) is 0 Å². The van der Waals surface area contributed by atoms with Crippen LogP contribution in [-0.4, -0.2) is 18.0 Å². The molecule has 1 amide bonds. The molecule has 0 radical (unpaired) electrons. The second kappa shape index (κ2) is 9.05. The number of hydrogen-bond acceptors (Lipinski definition) is 4. The van der Waals surface area contributed by atoms with Crippen LogP contribution < -0.4 is 15.4 Å². The van der Waals surface area contributed by atoms with Crippen LogP contribution >= 0.6 is 11.6 Å². The van der Waals surface area contributed by atoms with Crippen molar-refractivity contribution in [2.45, 2.75) is 13.1 Å². The molecule has 138 valence electrons. The van der Waals surface area contributed by atoms with Gasteiger partial charge in [0.2, 0.25) is 0 Å². The van der Waals surface area contributed by atoms with E-state index in [1.54, 1.807) is 31.5 Å². The number of hydrogen-bond donors (Lipinski definition) is 2. The molecule has 1 aromatic heterocycles. The summed E-state index contributed by atoms with van der Waals surface area (Å²) in [5, 5.41) is 6.79. The molecule has 3 aromatic rings. The zero-order valence-electron chi connectivity index (χ0n) is 14.9. The summed E-state index contributed by atoms with van der Waals surface area (Å²) in [5.41, 5.74) is 3.22. The van der Waals surface area contributed by atoms with Gasteiger partial charge >= 0.3 is 0 Å². The minimum absolute atomic E-state index is 0.221. The Hall–Kier alpha value is -3.05. The van der Waals surface area contributed by atoms with E-state index in [-0.39, 0.29) is 5.91 Å². The van der Waals surface area contributed by atoms with Gasteiger partial charge in [0, 0.05) is 23.7 Å². The van der Waals surface area contributed by atoms with Crippen molar-refractivity contribution in [1.82, 2.24) is 10.3 Å². The Bertz CT molecular complexity index is 896. The van der Waals surface area contributed by atoms with E-state index >= 15 is 0 Å². The van der Waals surface area contributed by atoms with E-state index in [0.29, 0.717) is 23.8 Å². The molecule has 1 heterocycles. The molecule has 0 saturated carbocycles. The summed E-state index contributed by atoms with van der Waals surface area (Å²) in [5.74, 6) is 0.609. The summed E-state index contributed by atoms with van der Waals surface area (Å²) in [4.78, 5) is 16.5. The molecule has 2 N–H and O–H groups in total. The van der Waals surface area contributed by atoms with Crippen LogP contribution in [0.2, 0.25) is 5.02 Å². The molecule has 0 aliphatic heterocycles. The number of aromatic nitrogens is 1. The maximum absolute atomic E-state index is 12.2. The van der Waals surface area contributed by atoms with Crippen LogP contribution in [0.25, 0.3) is 0 Å². The number of amides is 1. The molecule has 2 aromatic carbocycles. The lowest BCUT2D eigenvalue weighted by molar-refractivity contribution is 0.0946. The summed E-state index contributed by atoms with van der Waals surface area (Å²) < 4.78 is 5.34. The SMILES string of the molecule is COc1ccccc1CNc1ccc(C(=O)NCc2ccc(Cl)cc2)nc1. The molecule has 0 atom stereocenters. The fourth-order valence-electron chi connectivity index (χ4n) is 2.55. The maximum Gasteiger partial charge on any atom is 0.270 e. The van der Waals surface area contributed by atoms with Crippen LogP contribution in [0.15, 0.2) is 66.9 Å². The number of benzene rings is 2. The molecule has 0 spiro atoms. The number of carbonyl (C=O) groups is 1. The Morgan fingerprint density at radius 2 is 1.81 bits per heavy atom. The number of rotatable bonds is 7. The minimum atomic E-state index is -0.221. The van der Waals surface area contributed by atoms with Crippen LogP contribution in [-0.2, 0) is 13.1 Å². The van der Waals surface area contributed by atoms with E-state index in [9.17, 15) is 4.79 Å². The number of halogens is 1. The van der Waals surface area contributed by atoms with Crippen molar-refractivity contribution < 1.29 is 9.53 Å². The van der Waals surface area contributed by atoms with Crippen molar-refractivity contribution in [3.8, 4) is 5.75 Å². The largest absolute Gasteiger partial charge is 0.496 e. The number of ether oxygens (including phenoxy) is 1. The number of methoxy groups -OCH3 is 1. The highest BCUT2D eigenvalue weighted by atomic mass is 35.5. The normalized spacial score (nSPS) is 10.3. The topological polar surface area (TPSA) is 63.2 Å². The molecule has 6 heteroatoms. The van der Waals surface area contributed by atoms with E-state index in [1.807, 2.05) is 42.5 Å². The molecular weight excluding hydrogens is 362 g/mol. The number of pyridine rings is 1. The fourth-order valence-corrected chi connectivity index (χ4v) is 2.68. The second-order valence-electron chi connectivity index (χ2n) is 5.91. The fraction of sp³-hybridized carbons (Fsp3) is 0.143. The lowest BCUT2D eigenvalue weighted by atomic mass is 10.2. The van der Waals surface area contributed by atoms with Gasteiger partial charge in [-0.25, -0.2) is 4.98 Å². The van der Waals surface area contributed by atoms with Crippen molar-refractivity contribution in [3.63, 3.8) is 0 Å². The molecule has 0 bridgehead atoms.